The number of aryl methyl sites for hydroxylation is 2. The number of carbonyl (C=O) groups excluding carboxylic acids is 2. The van der Waals surface area contributed by atoms with Crippen LogP contribution in [-0.4, -0.2) is 83.2 Å². The number of halogens is 1. The number of aromatic amines is 1. The van der Waals surface area contributed by atoms with Crippen LogP contribution >= 0.6 is 0 Å². The lowest BCUT2D eigenvalue weighted by Gasteiger charge is -2.29. The Morgan fingerprint density at radius 1 is 1.05 bits per heavy atom. The molecule has 4 unspecified atom stereocenters. The summed E-state index contributed by atoms with van der Waals surface area (Å²) in [6, 6.07) is 12.7. The van der Waals surface area contributed by atoms with E-state index >= 15 is 4.39 Å². The molecule has 64 heavy (non-hydrogen) atoms. The molecular formula is C47H48FN7O9. The number of aromatic hydroxyl groups is 2. The molecule has 2 aliphatic heterocycles. The number of aldehydes is 1. The summed E-state index contributed by atoms with van der Waals surface area (Å²) in [5, 5.41) is 41.5. The minimum absolute atomic E-state index is 0.0674. The Morgan fingerprint density at radius 2 is 1.78 bits per heavy atom. The number of rotatable bonds is 10. The lowest BCUT2D eigenvalue weighted by atomic mass is 9.82. The van der Waals surface area contributed by atoms with Crippen LogP contribution in [0, 0.1) is 31.5 Å². The van der Waals surface area contributed by atoms with Gasteiger partial charge >= 0.3 is 11.8 Å². The molecule has 16 nitrogen and oxygen atoms in total. The first-order chi connectivity index (χ1) is 30.8. The van der Waals surface area contributed by atoms with E-state index in [4.69, 9.17) is 14.5 Å². The number of phenolic OH excluding ortho intramolecular Hbond substituents is 2. The van der Waals surface area contributed by atoms with Gasteiger partial charge in [0.25, 0.3) is 5.56 Å². The quantitative estimate of drug-likeness (QED) is 0.110. The Balaban J connectivity index is 0.00000256. The molecule has 4 aliphatic rings. The molecule has 5 N–H and O–H groups in total. The number of hydrogen-bond donors (Lipinski definition) is 5. The van der Waals surface area contributed by atoms with Gasteiger partial charge in [-0.15, -0.1) is 0 Å². The van der Waals surface area contributed by atoms with Gasteiger partial charge in [-0.1, -0.05) is 26.0 Å². The molecule has 1 saturated heterocycles. The van der Waals surface area contributed by atoms with Crippen molar-refractivity contribution in [2.24, 2.45) is 11.8 Å². The number of aromatic nitrogens is 5. The van der Waals surface area contributed by atoms with E-state index in [0.717, 1.165) is 35.2 Å². The number of ether oxygens (including phenoxy) is 2. The molecule has 1 amide bonds. The standard InChI is InChI=1S/C45H42FN7O9.C2H6/c1-20-10-26(36(56)13-35(20)55)42-49-50-44(59)53(42)23-6-4-22(5-7-23)14-51-15-27-28(16-51)41(27)62-45(60)48-32-9-8-24-21(2)31(46)12-33-38(24)39(32)29-17-52-34(40(29)47-33)11-25(37(57)18-54)30(19-61-3)43(52)58;1-2/h4-7,10-13,18,27-28,32,37,41,55-57H,8-9,14-17,19H2,1-3H3,(H,48,60)(H,50,59);1-2H3. The number of aliphatic hydroxyl groups excluding tert-OH is 1. The fourth-order valence-corrected chi connectivity index (χ4v) is 9.89. The topological polar surface area (TPSA) is 214 Å². The number of H-pyrrole nitrogens is 1. The van der Waals surface area contributed by atoms with Crippen molar-refractivity contribution in [1.82, 2.24) is 34.5 Å². The molecule has 0 radical (unpaired) electrons. The molecule has 0 bridgehead atoms. The third kappa shape index (κ3) is 7.03. The first kappa shape index (κ1) is 42.6. The van der Waals surface area contributed by atoms with Gasteiger partial charge in [0, 0.05) is 72.8 Å². The second-order valence-corrected chi connectivity index (χ2v) is 16.7. The van der Waals surface area contributed by atoms with Crippen LogP contribution in [0.2, 0.25) is 0 Å². The highest BCUT2D eigenvalue weighted by Crippen LogP contribution is 2.49. The lowest BCUT2D eigenvalue weighted by molar-refractivity contribution is -0.115. The van der Waals surface area contributed by atoms with Crippen LogP contribution in [0.1, 0.15) is 76.9 Å². The summed E-state index contributed by atoms with van der Waals surface area (Å²) >= 11 is 0. The highest BCUT2D eigenvalue weighted by molar-refractivity contribution is 5.93. The molecule has 3 aromatic carbocycles. The average molecular weight is 874 g/mol. The number of alkyl carbamates (subject to hydrolysis) is 1. The van der Waals surface area contributed by atoms with E-state index in [9.17, 15) is 34.5 Å². The van der Waals surface area contributed by atoms with E-state index in [-0.39, 0.29) is 59.5 Å². The number of piperidine rings is 1. The Morgan fingerprint density at radius 3 is 2.48 bits per heavy atom. The van der Waals surface area contributed by atoms with Crippen LogP contribution < -0.4 is 16.6 Å². The highest BCUT2D eigenvalue weighted by Gasteiger charge is 2.58. The van der Waals surface area contributed by atoms with E-state index in [1.54, 1.807) is 26.0 Å². The predicted molar refractivity (Wildman–Crippen MR) is 233 cm³/mol. The van der Waals surface area contributed by atoms with Gasteiger partial charge in [-0.2, -0.15) is 5.10 Å². The number of nitrogens with zero attached hydrogens (tertiary/aromatic N) is 5. The van der Waals surface area contributed by atoms with Crippen LogP contribution in [-0.2, 0) is 40.4 Å². The number of hydrogen-bond acceptors (Lipinski definition) is 12. The van der Waals surface area contributed by atoms with Crippen LogP contribution in [0.15, 0.2) is 58.1 Å². The summed E-state index contributed by atoms with van der Waals surface area (Å²) in [5.74, 6) is -0.137. The van der Waals surface area contributed by atoms with Crippen molar-refractivity contribution in [3.05, 3.63) is 120 Å². The van der Waals surface area contributed by atoms with Crippen LogP contribution in [0.5, 0.6) is 11.5 Å². The molecular weight excluding hydrogens is 826 g/mol. The summed E-state index contributed by atoms with van der Waals surface area (Å²) < 4.78 is 29.5. The maximum atomic E-state index is 15.3. The Labute approximate surface area is 365 Å². The third-order valence-corrected chi connectivity index (χ3v) is 13.1. The summed E-state index contributed by atoms with van der Waals surface area (Å²) in [7, 11) is 1.42. The normalized spacial score (nSPS) is 19.6. The zero-order chi connectivity index (χ0) is 45.3. The Bertz CT molecular complexity index is 2990. The van der Waals surface area contributed by atoms with E-state index in [1.165, 1.54) is 28.4 Å². The molecule has 2 aliphatic carbocycles. The van der Waals surface area contributed by atoms with Crippen LogP contribution in [0.25, 0.3) is 39.4 Å². The average Bonchev–Trinajstić information content (AvgIpc) is 3.63. The second kappa shape index (κ2) is 16.5. The number of amides is 1. The number of likely N-dealkylation sites (tertiary alicyclic amines) is 1. The molecule has 2 fully saturated rings. The summed E-state index contributed by atoms with van der Waals surface area (Å²) in [6.45, 7) is 9.52. The molecule has 1 saturated carbocycles. The fraction of sp³-hybridized carbons (Fsp3) is 0.362. The van der Waals surface area contributed by atoms with E-state index < -0.39 is 35.3 Å². The van der Waals surface area contributed by atoms with Gasteiger partial charge in [-0.3, -0.25) is 9.69 Å². The fourth-order valence-electron chi connectivity index (χ4n) is 9.89. The van der Waals surface area contributed by atoms with Gasteiger partial charge in [0.1, 0.15) is 29.5 Å². The number of phenols is 2. The van der Waals surface area contributed by atoms with Crippen molar-refractivity contribution in [2.45, 2.75) is 78.5 Å². The molecule has 332 valence electrons. The van der Waals surface area contributed by atoms with Gasteiger partial charge in [-0.05, 0) is 78.8 Å². The van der Waals surface area contributed by atoms with Gasteiger partial charge in [0.2, 0.25) is 0 Å². The zero-order valence-electron chi connectivity index (χ0n) is 35.9. The first-order valence-corrected chi connectivity index (χ1v) is 21.4. The molecule has 3 aromatic heterocycles. The molecule has 0 spiro atoms. The van der Waals surface area contributed by atoms with Crippen LogP contribution in [0.4, 0.5) is 9.18 Å². The molecule has 10 rings (SSSR count). The van der Waals surface area contributed by atoms with Gasteiger partial charge in [0.05, 0.1) is 47.3 Å². The molecule has 17 heteroatoms. The maximum absolute atomic E-state index is 15.3. The highest BCUT2D eigenvalue weighted by atomic mass is 19.1. The molecule has 5 heterocycles. The number of nitrogens with one attached hydrogen (secondary N) is 2. The minimum Gasteiger partial charge on any atom is -0.508 e. The van der Waals surface area contributed by atoms with Gasteiger partial charge in [-0.25, -0.2) is 28.6 Å². The third-order valence-electron chi connectivity index (χ3n) is 13.1. The largest absolute Gasteiger partial charge is 0.508 e. The van der Waals surface area contributed by atoms with E-state index in [0.29, 0.717) is 70.5 Å². The van der Waals surface area contributed by atoms with Gasteiger partial charge in [0.15, 0.2) is 12.1 Å². The summed E-state index contributed by atoms with van der Waals surface area (Å²) in [4.78, 5) is 59.1. The van der Waals surface area contributed by atoms with Crippen molar-refractivity contribution in [3.8, 4) is 40.0 Å². The van der Waals surface area contributed by atoms with Gasteiger partial charge < -0.3 is 39.5 Å². The SMILES string of the molecule is CC.COCc1c(C(O)C=O)cc2n(c1=O)Cc1c-2nc2cc(F)c(C)c3c2c1C(NC(=O)OC1C2CN(Cc4ccc(-n5c(-c6cc(C)c(O)cc6O)n[nH]c5=O)cc4)CC21)CC3. The number of methoxy groups -OCH3 is 1. The van der Waals surface area contributed by atoms with Crippen molar-refractivity contribution in [3.63, 3.8) is 0 Å². The second-order valence-electron chi connectivity index (χ2n) is 16.7. The monoisotopic (exact) mass is 873 g/mol. The maximum Gasteiger partial charge on any atom is 0.407 e. The zero-order valence-corrected chi connectivity index (χ0v) is 35.9. The molecule has 4 atom stereocenters. The molecule has 6 aromatic rings. The summed E-state index contributed by atoms with van der Waals surface area (Å²) in [5.41, 5.74) is 5.67. The number of benzene rings is 3. The number of carbonyl (C=O) groups is 2. The summed E-state index contributed by atoms with van der Waals surface area (Å²) in [6.07, 6.45) is -1.07. The Kier molecular flexibility index (Phi) is 11.0. The van der Waals surface area contributed by atoms with Crippen molar-refractivity contribution >= 4 is 23.3 Å². The number of fused-ring (bicyclic) bond motifs is 5. The van der Waals surface area contributed by atoms with E-state index in [2.05, 4.69) is 20.4 Å². The Hall–Kier alpha value is -6.69. The minimum atomic E-state index is -1.56. The van der Waals surface area contributed by atoms with Crippen molar-refractivity contribution in [1.29, 1.82) is 0 Å². The predicted octanol–water partition coefficient (Wildman–Crippen LogP) is 5.38. The van der Waals surface area contributed by atoms with Crippen molar-refractivity contribution < 1.29 is 38.8 Å². The van der Waals surface area contributed by atoms with Crippen LogP contribution in [0.3, 0.4) is 0 Å². The van der Waals surface area contributed by atoms with E-state index in [1.807, 2.05) is 38.1 Å². The lowest BCUT2D eigenvalue weighted by Crippen LogP contribution is -2.34. The van der Waals surface area contributed by atoms with Crippen molar-refractivity contribution in [2.75, 3.05) is 20.2 Å². The number of aliphatic hydroxyl groups is 1. The first-order valence-electron chi connectivity index (χ1n) is 21.4. The number of pyridine rings is 2. The smallest absolute Gasteiger partial charge is 0.407 e.